The molecule has 0 spiro atoms. The molecule has 4 aromatic heterocycles. The zero-order chi connectivity index (χ0) is 40.7. The van der Waals surface area contributed by atoms with Gasteiger partial charge in [0, 0.05) is 48.4 Å². The first kappa shape index (κ1) is 34.4. The van der Waals surface area contributed by atoms with Crippen LogP contribution in [0.4, 0.5) is 0 Å². The zero-order valence-corrected chi connectivity index (χ0v) is 35.0. The maximum Gasteiger partial charge on any atom is 0.268 e. The molecule has 0 N–H and O–H groups in total. The Morgan fingerprint density at radius 2 is 1.44 bits per heavy atom. The molecule has 0 saturated carbocycles. The van der Waals surface area contributed by atoms with Gasteiger partial charge < -0.3 is 18.9 Å². The molecule has 0 saturated heterocycles. The number of ether oxygens (including phenoxy) is 1. The summed E-state index contributed by atoms with van der Waals surface area (Å²) < 4.78 is 38.6. The molecule has 8 aromatic rings. The topological polar surface area (TPSA) is 48.8 Å². The third kappa shape index (κ3) is 7.02. The van der Waals surface area contributed by atoms with E-state index in [2.05, 4.69) is 127 Å². The first-order chi connectivity index (χ1) is 26.8. The van der Waals surface area contributed by atoms with Crippen molar-refractivity contribution in [1.82, 2.24) is 19.1 Å². The smallest absolute Gasteiger partial charge is 0.268 e. The van der Waals surface area contributed by atoms with Crippen molar-refractivity contribution < 1.29 is 34.5 Å². The van der Waals surface area contributed by atoms with Crippen LogP contribution < -0.4 is 9.30 Å². The molecule has 0 fully saturated rings. The van der Waals surface area contributed by atoms with Crippen LogP contribution in [0.5, 0.6) is 11.5 Å². The second kappa shape index (κ2) is 13.9. The first-order valence-corrected chi connectivity index (χ1v) is 18.4. The fourth-order valence-corrected chi connectivity index (χ4v) is 7.07. The van der Waals surface area contributed by atoms with Crippen LogP contribution in [0.25, 0.3) is 50.0 Å². The monoisotopic (exact) mass is 907 g/mol. The Hall–Kier alpha value is -5.06. The maximum atomic E-state index is 8.76. The van der Waals surface area contributed by atoms with Crippen LogP contribution in [-0.4, -0.2) is 19.1 Å². The fourth-order valence-electron chi connectivity index (χ4n) is 7.07. The number of pyridine rings is 2. The Labute approximate surface area is 343 Å². The van der Waals surface area contributed by atoms with E-state index in [0.29, 0.717) is 28.4 Å². The van der Waals surface area contributed by atoms with Crippen molar-refractivity contribution in [2.75, 3.05) is 0 Å². The summed E-state index contributed by atoms with van der Waals surface area (Å²) in [6.07, 6.45) is 8.70. The van der Waals surface area contributed by atoms with Gasteiger partial charge in [-0.3, -0.25) is 4.57 Å². The summed E-state index contributed by atoms with van der Waals surface area (Å²) in [6.45, 7) is 16.8. The van der Waals surface area contributed by atoms with E-state index in [9.17, 15) is 0 Å². The van der Waals surface area contributed by atoms with Crippen molar-refractivity contribution in [1.29, 1.82) is 0 Å². The number of rotatable bonds is 5. The van der Waals surface area contributed by atoms with Gasteiger partial charge in [-0.2, -0.15) is 6.07 Å². The Bertz CT molecular complexity index is 2830. The van der Waals surface area contributed by atoms with E-state index in [1.165, 1.54) is 5.56 Å². The van der Waals surface area contributed by atoms with Gasteiger partial charge in [0.2, 0.25) is 0 Å². The molecule has 0 unspecified atom stereocenters. The quantitative estimate of drug-likeness (QED) is 0.128. The van der Waals surface area contributed by atoms with Crippen LogP contribution in [0.3, 0.4) is 0 Å². The van der Waals surface area contributed by atoms with Crippen molar-refractivity contribution in [2.45, 2.75) is 85.4 Å². The molecule has 4 aromatic carbocycles. The zero-order valence-electron chi connectivity index (χ0n) is 35.8. The second-order valence-electron chi connectivity index (χ2n) is 17.2. The number of benzene rings is 4. The summed E-state index contributed by atoms with van der Waals surface area (Å²) in [5, 5.41) is 2.14. The molecule has 0 aliphatic heterocycles. The SMILES string of the molecule is [2H]C([2H])([2H])c1c(-[n+]2[c-]n(-c3[c-]c(Oc4[c-]c5c(cc4)c4ccccc4n5-c4cc(C(C)(C)C)ccn4)cnc3)c3ccccc32)cc(C(C)(C)C)cc1C(C)(C)C.[Pt]. The molecule has 0 radical (unpaired) electrons. The van der Waals surface area contributed by atoms with Crippen LogP contribution in [0.15, 0.2) is 104 Å². The van der Waals surface area contributed by atoms with Gasteiger partial charge in [0.25, 0.3) is 6.33 Å². The van der Waals surface area contributed by atoms with Gasteiger partial charge in [-0.05, 0) is 86.9 Å². The molecule has 7 heteroatoms. The maximum absolute atomic E-state index is 8.76. The predicted octanol–water partition coefficient (Wildman–Crippen LogP) is 11.2. The number of para-hydroxylation sites is 3. The number of imidazole rings is 1. The summed E-state index contributed by atoms with van der Waals surface area (Å²) >= 11 is 0. The van der Waals surface area contributed by atoms with Crippen LogP contribution in [-0.2, 0) is 37.3 Å². The first-order valence-electron chi connectivity index (χ1n) is 19.9. The Morgan fingerprint density at radius 3 is 2.16 bits per heavy atom. The average Bonchev–Trinajstić information content (AvgIpc) is 3.69. The van der Waals surface area contributed by atoms with Gasteiger partial charge >= 0.3 is 0 Å². The molecule has 6 nitrogen and oxygen atoms in total. The van der Waals surface area contributed by atoms with Gasteiger partial charge in [-0.15, -0.1) is 23.6 Å². The minimum Gasteiger partial charge on any atom is -0.508 e. The van der Waals surface area contributed by atoms with Crippen molar-refractivity contribution >= 4 is 32.8 Å². The number of hydrogen-bond acceptors (Lipinski definition) is 3. The van der Waals surface area contributed by atoms with Crippen molar-refractivity contribution in [3.05, 3.63) is 144 Å². The van der Waals surface area contributed by atoms with E-state index in [1.54, 1.807) is 12.4 Å². The molecule has 0 bridgehead atoms. The molecular weight excluding hydrogens is 858 g/mol. The van der Waals surface area contributed by atoms with Crippen molar-refractivity contribution in [3.63, 3.8) is 0 Å². The number of hydrogen-bond donors (Lipinski definition) is 0. The van der Waals surface area contributed by atoms with E-state index in [-0.39, 0.29) is 31.9 Å². The molecule has 0 aliphatic rings. The predicted molar refractivity (Wildman–Crippen MR) is 219 cm³/mol. The minimum atomic E-state index is -2.38. The molecule has 55 heavy (non-hydrogen) atoms. The van der Waals surface area contributed by atoms with Crippen LogP contribution in [0.1, 0.15) is 88.7 Å². The van der Waals surface area contributed by atoms with E-state index >= 15 is 0 Å². The molecule has 8 rings (SSSR count). The van der Waals surface area contributed by atoms with Gasteiger partial charge in [0.05, 0.1) is 16.7 Å². The van der Waals surface area contributed by atoms with E-state index < -0.39 is 12.3 Å². The summed E-state index contributed by atoms with van der Waals surface area (Å²) in [6, 6.07) is 35.4. The fraction of sp³-hybridized carbons (Fsp3) is 0.271. The van der Waals surface area contributed by atoms with Crippen LogP contribution in [0.2, 0.25) is 0 Å². The molecule has 282 valence electrons. The molecule has 0 atom stereocenters. The normalized spacial score (nSPS) is 13.4. The van der Waals surface area contributed by atoms with E-state index in [1.807, 2.05) is 63.9 Å². The Kier molecular flexibility index (Phi) is 8.70. The van der Waals surface area contributed by atoms with Gasteiger partial charge in [0.15, 0.2) is 0 Å². The number of fused-ring (bicyclic) bond motifs is 4. The summed E-state index contributed by atoms with van der Waals surface area (Å²) in [4.78, 5) is 9.37. The van der Waals surface area contributed by atoms with Crippen molar-refractivity contribution in [3.8, 4) is 28.7 Å². The van der Waals surface area contributed by atoms with Gasteiger partial charge in [-0.25, -0.2) is 4.98 Å². The molecule has 4 heterocycles. The summed E-state index contributed by atoms with van der Waals surface area (Å²) in [7, 11) is 0. The van der Waals surface area contributed by atoms with Crippen LogP contribution >= 0.6 is 0 Å². The molecule has 0 amide bonds. The van der Waals surface area contributed by atoms with Crippen molar-refractivity contribution in [2.24, 2.45) is 0 Å². The van der Waals surface area contributed by atoms with Gasteiger partial charge in [-0.1, -0.05) is 123 Å². The van der Waals surface area contributed by atoms with Crippen LogP contribution in [0, 0.1) is 25.3 Å². The summed E-state index contributed by atoms with van der Waals surface area (Å²) in [5.74, 6) is 1.70. The third-order valence-electron chi connectivity index (χ3n) is 10.1. The third-order valence-corrected chi connectivity index (χ3v) is 10.1. The minimum absolute atomic E-state index is 0. The average molecular weight is 908 g/mol. The van der Waals surface area contributed by atoms with Gasteiger partial charge in [0.1, 0.15) is 5.82 Å². The van der Waals surface area contributed by atoms with E-state index in [4.69, 9.17) is 13.8 Å². The molecular formula is C48H47N5OPt-2. The number of aromatic nitrogens is 5. The Balaban J connectivity index is 0.00000512. The number of nitrogens with zero attached hydrogens (tertiary/aromatic N) is 5. The standard InChI is InChI=1S/C48H47N5O.Pt/c1-31-39(48(8,9)10)23-33(47(5,6)7)24-43(31)52-30-51(41-17-13-14-18-42(41)52)34-26-36(29-49-28-34)54-35-19-20-38-37-15-11-12-16-40(37)53(44(38)27-35)45-25-32(21-22-50-45)46(2,3)4;/h11-25,28-29H,1-10H3;/q-2;/i1D3;. The molecule has 0 aliphatic carbocycles. The Morgan fingerprint density at radius 1 is 0.709 bits per heavy atom. The second-order valence-corrected chi connectivity index (χ2v) is 17.2. The summed E-state index contributed by atoms with van der Waals surface area (Å²) in [5.41, 5.74) is 7.26. The largest absolute Gasteiger partial charge is 0.508 e. The van der Waals surface area contributed by atoms with E-state index in [0.717, 1.165) is 49.8 Å².